The molecule has 1 atom stereocenters. The molecule has 0 aliphatic rings. The van der Waals surface area contributed by atoms with Gasteiger partial charge in [-0.3, -0.25) is 0 Å². The van der Waals surface area contributed by atoms with Crippen molar-refractivity contribution in [3.8, 4) is 5.75 Å². The summed E-state index contributed by atoms with van der Waals surface area (Å²) in [6.07, 6.45) is 0. The molecule has 0 amide bonds. The van der Waals surface area contributed by atoms with Crippen molar-refractivity contribution in [2.75, 3.05) is 6.61 Å². The van der Waals surface area contributed by atoms with Gasteiger partial charge in [0.1, 0.15) is 5.75 Å². The van der Waals surface area contributed by atoms with Gasteiger partial charge >= 0.3 is 0 Å². The van der Waals surface area contributed by atoms with E-state index in [9.17, 15) is 0 Å². The van der Waals surface area contributed by atoms with Gasteiger partial charge in [-0.05, 0) is 57.6 Å². The Morgan fingerprint density at radius 2 is 1.52 bits per heavy atom. The van der Waals surface area contributed by atoms with Crippen molar-refractivity contribution < 1.29 is 4.74 Å². The molecule has 0 bridgehead atoms. The minimum atomic E-state index is 0.186. The van der Waals surface area contributed by atoms with E-state index >= 15 is 0 Å². The van der Waals surface area contributed by atoms with E-state index in [-0.39, 0.29) is 4.83 Å². The SMILES string of the molecule is CCOc1ccc(C(Br)c2ccc(C(C)C)cc2)cc1Br. The summed E-state index contributed by atoms with van der Waals surface area (Å²) in [5.74, 6) is 1.45. The van der Waals surface area contributed by atoms with Gasteiger partial charge in [-0.2, -0.15) is 0 Å². The first-order chi connectivity index (χ1) is 10.0. The summed E-state index contributed by atoms with van der Waals surface area (Å²) >= 11 is 7.37. The third kappa shape index (κ3) is 4.10. The molecule has 0 N–H and O–H groups in total. The van der Waals surface area contributed by atoms with Crippen molar-refractivity contribution in [1.82, 2.24) is 0 Å². The predicted molar refractivity (Wildman–Crippen MR) is 96.6 cm³/mol. The van der Waals surface area contributed by atoms with Crippen LogP contribution >= 0.6 is 31.9 Å². The maximum atomic E-state index is 5.56. The molecular weight excluding hydrogens is 392 g/mol. The molecule has 0 aliphatic carbocycles. The maximum absolute atomic E-state index is 5.56. The first kappa shape index (κ1) is 16.6. The Morgan fingerprint density at radius 3 is 2.05 bits per heavy atom. The maximum Gasteiger partial charge on any atom is 0.133 e. The van der Waals surface area contributed by atoms with Crippen molar-refractivity contribution in [2.24, 2.45) is 0 Å². The van der Waals surface area contributed by atoms with Crippen molar-refractivity contribution in [2.45, 2.75) is 31.5 Å². The fraction of sp³-hybridized carbons (Fsp3) is 0.333. The molecule has 2 aromatic carbocycles. The van der Waals surface area contributed by atoms with Gasteiger partial charge in [0.05, 0.1) is 15.9 Å². The van der Waals surface area contributed by atoms with E-state index in [0.29, 0.717) is 12.5 Å². The highest BCUT2D eigenvalue weighted by Crippen LogP contribution is 2.35. The van der Waals surface area contributed by atoms with E-state index in [2.05, 4.69) is 82.1 Å². The molecule has 0 saturated heterocycles. The normalized spacial score (nSPS) is 12.5. The van der Waals surface area contributed by atoms with Crippen molar-refractivity contribution in [3.63, 3.8) is 0 Å². The quantitative estimate of drug-likeness (QED) is 0.513. The molecule has 0 radical (unpaired) electrons. The summed E-state index contributed by atoms with van der Waals surface area (Å²) in [4.78, 5) is 0.186. The standard InChI is InChI=1S/C18H20Br2O/c1-4-21-17-10-9-15(11-16(17)19)18(20)14-7-5-13(6-8-14)12(2)3/h5-12,18H,4H2,1-3H3. The van der Waals surface area contributed by atoms with Gasteiger partial charge in [-0.15, -0.1) is 0 Å². The van der Waals surface area contributed by atoms with Crippen LogP contribution in [-0.2, 0) is 0 Å². The van der Waals surface area contributed by atoms with Gasteiger partial charge in [0.2, 0.25) is 0 Å². The molecule has 2 aromatic rings. The van der Waals surface area contributed by atoms with E-state index in [0.717, 1.165) is 10.2 Å². The molecule has 1 nitrogen and oxygen atoms in total. The lowest BCUT2D eigenvalue weighted by Crippen LogP contribution is -1.97. The van der Waals surface area contributed by atoms with Crippen molar-refractivity contribution in [1.29, 1.82) is 0 Å². The average molecular weight is 412 g/mol. The number of hydrogen-bond acceptors (Lipinski definition) is 1. The van der Waals surface area contributed by atoms with Gasteiger partial charge in [-0.25, -0.2) is 0 Å². The highest BCUT2D eigenvalue weighted by molar-refractivity contribution is 9.10. The van der Waals surface area contributed by atoms with E-state index < -0.39 is 0 Å². The summed E-state index contributed by atoms with van der Waals surface area (Å²) in [5.41, 5.74) is 3.84. The monoisotopic (exact) mass is 410 g/mol. The van der Waals surface area contributed by atoms with E-state index in [4.69, 9.17) is 4.74 Å². The number of halogens is 2. The van der Waals surface area contributed by atoms with Gasteiger partial charge in [-0.1, -0.05) is 60.1 Å². The van der Waals surface area contributed by atoms with Crippen molar-refractivity contribution in [3.05, 3.63) is 63.6 Å². The van der Waals surface area contributed by atoms with E-state index in [1.54, 1.807) is 0 Å². The first-order valence-electron chi connectivity index (χ1n) is 7.19. The zero-order chi connectivity index (χ0) is 15.4. The highest BCUT2D eigenvalue weighted by Gasteiger charge is 2.13. The van der Waals surface area contributed by atoms with Crippen LogP contribution in [0.5, 0.6) is 5.75 Å². The van der Waals surface area contributed by atoms with Crippen LogP contribution in [0, 0.1) is 0 Å². The molecular formula is C18H20Br2O. The minimum Gasteiger partial charge on any atom is -0.493 e. The van der Waals surface area contributed by atoms with Gasteiger partial charge < -0.3 is 4.74 Å². The molecule has 0 heterocycles. The fourth-order valence-corrected chi connectivity index (χ4v) is 3.29. The lowest BCUT2D eigenvalue weighted by Gasteiger charge is -2.14. The van der Waals surface area contributed by atoms with Gasteiger partial charge in [0.15, 0.2) is 0 Å². The third-order valence-electron chi connectivity index (χ3n) is 3.44. The van der Waals surface area contributed by atoms with Crippen LogP contribution in [0.1, 0.15) is 48.2 Å². The molecule has 0 aliphatic heterocycles. The number of hydrogen-bond donors (Lipinski definition) is 0. The topological polar surface area (TPSA) is 9.23 Å². The molecule has 0 aromatic heterocycles. The van der Waals surface area contributed by atoms with E-state index in [1.165, 1.54) is 16.7 Å². The second kappa shape index (κ2) is 7.46. The molecule has 1 unspecified atom stereocenters. The number of rotatable bonds is 5. The average Bonchev–Trinajstić information content (AvgIpc) is 2.49. The van der Waals surface area contributed by atoms with Crippen molar-refractivity contribution >= 4 is 31.9 Å². The molecule has 2 rings (SSSR count). The lowest BCUT2D eigenvalue weighted by atomic mass is 9.99. The largest absolute Gasteiger partial charge is 0.493 e. The first-order valence-corrected chi connectivity index (χ1v) is 8.90. The second-order valence-corrected chi connectivity index (χ2v) is 7.08. The molecule has 0 fully saturated rings. The highest BCUT2D eigenvalue weighted by atomic mass is 79.9. The summed E-state index contributed by atoms with van der Waals surface area (Å²) in [6, 6.07) is 15.0. The second-order valence-electron chi connectivity index (χ2n) is 5.31. The minimum absolute atomic E-state index is 0.186. The molecule has 0 saturated carbocycles. The van der Waals surface area contributed by atoms with Crippen LogP contribution in [0.2, 0.25) is 0 Å². The Bertz CT molecular complexity index is 591. The van der Waals surface area contributed by atoms with Crippen LogP contribution in [0.25, 0.3) is 0 Å². The lowest BCUT2D eigenvalue weighted by molar-refractivity contribution is 0.338. The summed E-state index contributed by atoms with van der Waals surface area (Å²) in [7, 11) is 0. The number of alkyl halides is 1. The zero-order valence-electron chi connectivity index (χ0n) is 12.6. The van der Waals surface area contributed by atoms with Gasteiger partial charge in [0, 0.05) is 0 Å². The summed E-state index contributed by atoms with van der Waals surface area (Å²) in [5, 5.41) is 0. The number of ether oxygens (including phenoxy) is 1. The molecule has 3 heteroatoms. The Kier molecular flexibility index (Phi) is 5.88. The zero-order valence-corrected chi connectivity index (χ0v) is 15.7. The summed E-state index contributed by atoms with van der Waals surface area (Å²) < 4.78 is 6.55. The Hall–Kier alpha value is -0.800. The smallest absolute Gasteiger partial charge is 0.133 e. The Labute approximate surface area is 144 Å². The van der Waals surface area contributed by atoms with Crippen LogP contribution in [0.3, 0.4) is 0 Å². The Balaban J connectivity index is 2.23. The third-order valence-corrected chi connectivity index (χ3v) is 5.12. The molecule has 112 valence electrons. The van der Waals surface area contributed by atoms with E-state index in [1.807, 2.05) is 13.0 Å². The van der Waals surface area contributed by atoms with Crippen LogP contribution < -0.4 is 4.74 Å². The van der Waals surface area contributed by atoms with Crippen LogP contribution in [0.15, 0.2) is 46.9 Å². The Morgan fingerprint density at radius 1 is 0.952 bits per heavy atom. The number of benzene rings is 2. The molecule has 21 heavy (non-hydrogen) atoms. The molecule has 0 spiro atoms. The van der Waals surface area contributed by atoms with Crippen LogP contribution in [-0.4, -0.2) is 6.61 Å². The van der Waals surface area contributed by atoms with Gasteiger partial charge in [0.25, 0.3) is 0 Å². The summed E-state index contributed by atoms with van der Waals surface area (Å²) in [6.45, 7) is 7.09. The van der Waals surface area contributed by atoms with Crippen LogP contribution in [0.4, 0.5) is 0 Å². The predicted octanol–water partition coefficient (Wildman–Crippen LogP) is 6.46. The fourth-order valence-electron chi connectivity index (χ4n) is 2.19.